The van der Waals surface area contributed by atoms with Gasteiger partial charge in [0.25, 0.3) is 0 Å². The lowest BCUT2D eigenvalue weighted by Gasteiger charge is -2.44. The molecular weight excluding hydrogens is 565 g/mol. The van der Waals surface area contributed by atoms with E-state index >= 15 is 0 Å². The summed E-state index contributed by atoms with van der Waals surface area (Å²) in [4.78, 5) is 25.6. The molecule has 0 spiro atoms. The fraction of sp³-hybridized carbons (Fsp3) is 0.452. The van der Waals surface area contributed by atoms with Crippen molar-refractivity contribution in [2.24, 2.45) is 0 Å². The minimum atomic E-state index is -4.59. The lowest BCUT2D eigenvalue weighted by molar-refractivity contribution is -0.137. The maximum absolute atomic E-state index is 14.0. The Hall–Kier alpha value is -4.22. The first-order valence-electron chi connectivity index (χ1n) is 14.2. The summed E-state index contributed by atoms with van der Waals surface area (Å²) in [5, 5.41) is 0. The number of hydrogen-bond acceptors (Lipinski definition) is 8. The Morgan fingerprint density at radius 2 is 1.67 bits per heavy atom. The van der Waals surface area contributed by atoms with E-state index in [-0.39, 0.29) is 19.2 Å². The Bertz CT molecular complexity index is 1360. The summed E-state index contributed by atoms with van der Waals surface area (Å²) < 4.78 is 63.9. The van der Waals surface area contributed by atoms with Crippen LogP contribution in [0.25, 0.3) is 0 Å². The van der Waals surface area contributed by atoms with Gasteiger partial charge in [-0.2, -0.15) is 13.2 Å². The highest BCUT2D eigenvalue weighted by Crippen LogP contribution is 2.45. The normalized spacial score (nSPS) is 16.3. The fourth-order valence-electron chi connectivity index (χ4n) is 5.22. The van der Waals surface area contributed by atoms with Crippen LogP contribution < -0.4 is 24.0 Å². The molecule has 2 heterocycles. The van der Waals surface area contributed by atoms with Crippen LogP contribution in [0.1, 0.15) is 62.8 Å². The molecule has 1 aromatic heterocycles. The summed E-state index contributed by atoms with van der Waals surface area (Å²) in [6, 6.07) is 7.84. The van der Waals surface area contributed by atoms with E-state index in [2.05, 4.69) is 9.97 Å². The summed E-state index contributed by atoms with van der Waals surface area (Å²) in [5.41, 5.74) is 0.616. The SMILES string of the molecule is CCCOc1cnc(N(Cc2cc(OC)cc(OC)c2)[C@H]2C[C@@H](CC)N(C(=O)OCC)c3ccc(C(F)(F)F)cc32)nc1. The molecule has 4 rings (SSSR count). The van der Waals surface area contributed by atoms with Crippen LogP contribution in [0.2, 0.25) is 0 Å². The van der Waals surface area contributed by atoms with Gasteiger partial charge in [0.15, 0.2) is 5.75 Å². The van der Waals surface area contributed by atoms with Crippen molar-refractivity contribution >= 4 is 17.7 Å². The van der Waals surface area contributed by atoms with E-state index in [1.165, 1.54) is 11.0 Å². The van der Waals surface area contributed by atoms with Gasteiger partial charge in [0.2, 0.25) is 5.95 Å². The summed E-state index contributed by atoms with van der Waals surface area (Å²) in [7, 11) is 3.08. The van der Waals surface area contributed by atoms with Crippen molar-refractivity contribution in [1.82, 2.24) is 9.97 Å². The van der Waals surface area contributed by atoms with Gasteiger partial charge in [0.05, 0.1) is 57.1 Å². The van der Waals surface area contributed by atoms with E-state index in [1.54, 1.807) is 39.6 Å². The molecule has 0 unspecified atom stereocenters. The molecule has 3 aromatic rings. The van der Waals surface area contributed by atoms with Gasteiger partial charge in [-0.3, -0.25) is 4.90 Å². The number of ether oxygens (including phenoxy) is 4. The van der Waals surface area contributed by atoms with Crippen LogP contribution in [0.4, 0.5) is 29.6 Å². The molecule has 0 saturated carbocycles. The number of hydrogen-bond donors (Lipinski definition) is 0. The number of rotatable bonds is 11. The van der Waals surface area contributed by atoms with Gasteiger partial charge in [0.1, 0.15) is 11.5 Å². The van der Waals surface area contributed by atoms with Gasteiger partial charge >= 0.3 is 12.3 Å². The summed E-state index contributed by atoms with van der Waals surface area (Å²) in [6.45, 7) is 6.44. The van der Waals surface area contributed by atoms with Gasteiger partial charge in [-0.05, 0) is 67.6 Å². The Kier molecular flexibility index (Phi) is 10.2. The van der Waals surface area contributed by atoms with Gasteiger partial charge in [-0.15, -0.1) is 0 Å². The molecule has 0 N–H and O–H groups in total. The number of carbonyl (C=O) groups excluding carboxylic acids is 1. The molecule has 1 aliphatic rings. The fourth-order valence-corrected chi connectivity index (χ4v) is 5.22. The number of methoxy groups -OCH3 is 2. The summed E-state index contributed by atoms with van der Waals surface area (Å²) in [6.07, 6.45) is -0.433. The van der Waals surface area contributed by atoms with Crippen LogP contribution >= 0.6 is 0 Å². The second kappa shape index (κ2) is 13.8. The molecule has 9 nitrogen and oxygen atoms in total. The number of anilines is 2. The molecule has 0 saturated heterocycles. The van der Waals surface area contributed by atoms with Crippen molar-refractivity contribution < 1.29 is 36.9 Å². The molecule has 1 aliphatic heterocycles. The maximum Gasteiger partial charge on any atom is 0.416 e. The summed E-state index contributed by atoms with van der Waals surface area (Å²) in [5.74, 6) is 1.89. The molecule has 0 aliphatic carbocycles. The Morgan fingerprint density at radius 1 is 1.00 bits per heavy atom. The van der Waals surface area contributed by atoms with Crippen LogP contribution in [0.3, 0.4) is 0 Å². The van der Waals surface area contributed by atoms with Crippen molar-refractivity contribution in [3.63, 3.8) is 0 Å². The monoisotopic (exact) mass is 602 g/mol. The Labute approximate surface area is 249 Å². The number of alkyl halides is 3. The van der Waals surface area contributed by atoms with Crippen molar-refractivity contribution in [2.45, 2.75) is 64.8 Å². The summed E-state index contributed by atoms with van der Waals surface area (Å²) >= 11 is 0. The second-order valence-electron chi connectivity index (χ2n) is 10.1. The molecule has 0 bridgehead atoms. The van der Waals surface area contributed by atoms with Crippen LogP contribution in [-0.4, -0.2) is 49.5 Å². The van der Waals surface area contributed by atoms with Crippen molar-refractivity contribution in [3.05, 3.63) is 65.5 Å². The van der Waals surface area contributed by atoms with E-state index in [9.17, 15) is 18.0 Å². The van der Waals surface area contributed by atoms with E-state index in [0.717, 1.165) is 24.1 Å². The number of carbonyl (C=O) groups is 1. The van der Waals surface area contributed by atoms with Gasteiger partial charge in [-0.25, -0.2) is 14.8 Å². The van der Waals surface area contributed by atoms with E-state index in [1.807, 2.05) is 30.9 Å². The molecule has 1 amide bonds. The highest BCUT2D eigenvalue weighted by atomic mass is 19.4. The predicted octanol–water partition coefficient (Wildman–Crippen LogP) is 7.19. The smallest absolute Gasteiger partial charge is 0.416 e. The quantitative estimate of drug-likeness (QED) is 0.228. The van der Waals surface area contributed by atoms with Crippen LogP contribution in [0, 0.1) is 0 Å². The minimum absolute atomic E-state index is 0.134. The standard InChI is InChI=1S/C31H37F3N4O5/c1-6-11-43-25-17-35-29(36-18-25)37(19-20-12-23(40-4)16-24(13-20)41-5)28-15-22(7-2)38(30(39)42-8-3)27-10-9-21(14-26(27)28)31(32,33)34/h9-10,12-14,16-18,22,28H,6-8,11,15,19H2,1-5H3/t22-,28+/m1/s1. The number of fused-ring (bicyclic) bond motifs is 1. The van der Waals surface area contributed by atoms with Gasteiger partial charge in [0, 0.05) is 18.7 Å². The van der Waals surface area contributed by atoms with E-state index in [0.29, 0.717) is 53.9 Å². The molecule has 12 heteroatoms. The number of amides is 1. The van der Waals surface area contributed by atoms with Crippen molar-refractivity contribution in [2.75, 3.05) is 37.2 Å². The minimum Gasteiger partial charge on any atom is -0.497 e. The lowest BCUT2D eigenvalue weighted by Crippen LogP contribution is -2.48. The van der Waals surface area contributed by atoms with E-state index < -0.39 is 23.9 Å². The number of nitrogens with zero attached hydrogens (tertiary/aromatic N) is 4. The topological polar surface area (TPSA) is 86.3 Å². The van der Waals surface area contributed by atoms with Crippen molar-refractivity contribution in [1.29, 1.82) is 0 Å². The third-order valence-electron chi connectivity index (χ3n) is 7.25. The lowest BCUT2D eigenvalue weighted by atomic mass is 9.87. The van der Waals surface area contributed by atoms with Crippen LogP contribution in [0.15, 0.2) is 48.8 Å². The number of benzene rings is 2. The zero-order valence-electron chi connectivity index (χ0n) is 25.0. The first kappa shape index (κ1) is 31.7. The third-order valence-corrected chi connectivity index (χ3v) is 7.25. The zero-order chi connectivity index (χ0) is 31.1. The average molecular weight is 603 g/mol. The van der Waals surface area contributed by atoms with E-state index in [4.69, 9.17) is 18.9 Å². The largest absolute Gasteiger partial charge is 0.497 e. The van der Waals surface area contributed by atoms with Gasteiger partial charge in [-0.1, -0.05) is 13.8 Å². The average Bonchev–Trinajstić information content (AvgIpc) is 3.01. The second-order valence-corrected chi connectivity index (χ2v) is 10.1. The molecule has 0 radical (unpaired) electrons. The third kappa shape index (κ3) is 7.23. The molecule has 232 valence electrons. The van der Waals surface area contributed by atoms with Crippen molar-refractivity contribution in [3.8, 4) is 17.2 Å². The molecular formula is C31H37F3N4O5. The van der Waals surface area contributed by atoms with Crippen LogP contribution in [0.5, 0.6) is 17.2 Å². The van der Waals surface area contributed by atoms with Crippen LogP contribution in [-0.2, 0) is 17.5 Å². The highest BCUT2D eigenvalue weighted by molar-refractivity contribution is 5.90. The predicted molar refractivity (Wildman–Crippen MR) is 156 cm³/mol. The number of aromatic nitrogens is 2. The van der Waals surface area contributed by atoms with Gasteiger partial charge < -0.3 is 23.8 Å². The molecule has 0 fully saturated rings. The Balaban J connectivity index is 1.89. The molecule has 2 atom stereocenters. The Morgan fingerprint density at radius 3 is 2.23 bits per heavy atom. The molecule has 43 heavy (non-hydrogen) atoms. The first-order valence-corrected chi connectivity index (χ1v) is 14.2. The highest BCUT2D eigenvalue weighted by Gasteiger charge is 2.41. The number of halogens is 3. The maximum atomic E-state index is 14.0. The molecule has 2 aromatic carbocycles. The zero-order valence-corrected chi connectivity index (χ0v) is 25.0. The first-order chi connectivity index (χ1) is 20.6.